The van der Waals surface area contributed by atoms with Gasteiger partial charge in [0.1, 0.15) is 19.3 Å². The number of carbonyl (C=O) groups excluding carboxylic acids is 4. The molecular formula is C82H160O17P2. The molecule has 101 heavy (non-hydrogen) atoms. The second kappa shape index (κ2) is 73.6. The first kappa shape index (κ1) is 99.1. The van der Waals surface area contributed by atoms with Crippen molar-refractivity contribution in [3.8, 4) is 0 Å². The Bertz CT molecular complexity index is 1940. The first-order valence-electron chi connectivity index (χ1n) is 42.5. The lowest BCUT2D eigenvalue weighted by Gasteiger charge is -2.21. The fourth-order valence-electron chi connectivity index (χ4n) is 12.7. The molecule has 6 atom stereocenters. The summed E-state index contributed by atoms with van der Waals surface area (Å²) < 4.78 is 68.7. The first-order chi connectivity index (χ1) is 48.9. The van der Waals surface area contributed by atoms with Gasteiger partial charge in [0.25, 0.3) is 0 Å². The summed E-state index contributed by atoms with van der Waals surface area (Å²) in [4.78, 5) is 73.1. The minimum atomic E-state index is -4.96. The van der Waals surface area contributed by atoms with Crippen LogP contribution in [0.1, 0.15) is 433 Å². The Hall–Kier alpha value is -1.94. The van der Waals surface area contributed by atoms with E-state index in [1.807, 2.05) is 0 Å². The highest BCUT2D eigenvalue weighted by atomic mass is 31.2. The lowest BCUT2D eigenvalue weighted by atomic mass is 9.99. The normalized spacial score (nSPS) is 14.2. The van der Waals surface area contributed by atoms with Crippen molar-refractivity contribution in [3.05, 3.63) is 0 Å². The summed E-state index contributed by atoms with van der Waals surface area (Å²) in [6.45, 7) is 9.61. The van der Waals surface area contributed by atoms with Crippen LogP contribution < -0.4 is 0 Å². The molecular weight excluding hydrogens is 1320 g/mol. The molecule has 3 N–H and O–H groups in total. The highest BCUT2D eigenvalue weighted by Crippen LogP contribution is 2.45. The standard InChI is InChI=1S/C82H160O17P2/c1-7-10-12-14-16-18-20-22-24-26-28-30-32-34-36-41-47-54-60-66-81(86)98-77(70-92-79(84)64-58-52-46-40-35-33-31-29-27-25-23-21-19-17-15-13-11-8-2)72-96-100(88,89)94-68-76(83)69-95-101(90,91)97-73-78(71-93-80(85)65-59-53-49-43-44-50-56-62-74(4)5)99-82(87)67-61-55-48-42-38-37-39-45-51-57-63-75(6)9-3/h74-78,83H,7-73H2,1-6H3,(H,88,89)(H,90,91)/t75?,76-,77-,78-/m1/s1. The number of hydrogen-bond donors (Lipinski definition) is 3. The van der Waals surface area contributed by atoms with E-state index >= 15 is 0 Å². The maximum atomic E-state index is 13.1. The number of rotatable bonds is 81. The van der Waals surface area contributed by atoms with Crippen LogP contribution in [-0.4, -0.2) is 96.7 Å². The number of esters is 4. The Balaban J connectivity index is 5.24. The molecule has 0 rings (SSSR count). The van der Waals surface area contributed by atoms with E-state index in [1.54, 1.807) is 0 Å². The topological polar surface area (TPSA) is 237 Å². The van der Waals surface area contributed by atoms with Crippen LogP contribution in [0.5, 0.6) is 0 Å². The van der Waals surface area contributed by atoms with Gasteiger partial charge in [0.15, 0.2) is 12.2 Å². The van der Waals surface area contributed by atoms with Crippen molar-refractivity contribution in [2.24, 2.45) is 11.8 Å². The number of phosphoric ester groups is 2. The van der Waals surface area contributed by atoms with E-state index in [2.05, 4.69) is 41.5 Å². The molecule has 0 aromatic heterocycles. The number of phosphoric acid groups is 2. The Morgan fingerprint density at radius 1 is 0.287 bits per heavy atom. The molecule has 0 aliphatic rings. The maximum Gasteiger partial charge on any atom is 0.472 e. The highest BCUT2D eigenvalue weighted by Gasteiger charge is 2.30. The fraction of sp³-hybridized carbons (Fsp3) is 0.951. The lowest BCUT2D eigenvalue weighted by molar-refractivity contribution is -0.161. The number of unbranched alkanes of at least 4 members (excludes halogenated alkanes) is 50. The second-order valence-corrected chi connectivity index (χ2v) is 33.1. The Morgan fingerprint density at radius 2 is 0.505 bits per heavy atom. The molecule has 600 valence electrons. The molecule has 0 radical (unpaired) electrons. The molecule has 0 spiro atoms. The molecule has 17 nitrogen and oxygen atoms in total. The molecule has 0 bridgehead atoms. The number of hydrogen-bond acceptors (Lipinski definition) is 15. The van der Waals surface area contributed by atoms with Gasteiger partial charge in [-0.3, -0.25) is 37.3 Å². The van der Waals surface area contributed by atoms with Gasteiger partial charge in [-0.25, -0.2) is 9.13 Å². The van der Waals surface area contributed by atoms with E-state index in [0.717, 1.165) is 102 Å². The average Bonchev–Trinajstić information content (AvgIpc) is 0.977. The number of aliphatic hydroxyl groups is 1. The van der Waals surface area contributed by atoms with Gasteiger partial charge in [0.05, 0.1) is 26.4 Å². The van der Waals surface area contributed by atoms with E-state index in [9.17, 15) is 43.2 Å². The summed E-state index contributed by atoms with van der Waals surface area (Å²) in [7, 11) is -9.92. The van der Waals surface area contributed by atoms with Crippen LogP contribution in [0.4, 0.5) is 0 Å². The predicted octanol–water partition coefficient (Wildman–Crippen LogP) is 24.7. The second-order valence-electron chi connectivity index (χ2n) is 30.2. The van der Waals surface area contributed by atoms with E-state index in [4.69, 9.17) is 37.0 Å². The predicted molar refractivity (Wildman–Crippen MR) is 414 cm³/mol. The van der Waals surface area contributed by atoms with Crippen molar-refractivity contribution in [1.82, 2.24) is 0 Å². The molecule has 0 aromatic rings. The summed E-state index contributed by atoms with van der Waals surface area (Å²) in [5.41, 5.74) is 0. The van der Waals surface area contributed by atoms with E-state index in [1.165, 1.54) is 244 Å². The van der Waals surface area contributed by atoms with Gasteiger partial charge in [0.2, 0.25) is 0 Å². The molecule has 0 fully saturated rings. The van der Waals surface area contributed by atoms with Crippen molar-refractivity contribution in [3.63, 3.8) is 0 Å². The molecule has 0 saturated heterocycles. The molecule has 0 aliphatic heterocycles. The van der Waals surface area contributed by atoms with E-state index in [-0.39, 0.29) is 25.7 Å². The van der Waals surface area contributed by atoms with Gasteiger partial charge >= 0.3 is 39.5 Å². The third-order valence-corrected chi connectivity index (χ3v) is 21.5. The molecule has 0 aliphatic carbocycles. The van der Waals surface area contributed by atoms with Crippen molar-refractivity contribution in [2.75, 3.05) is 39.6 Å². The van der Waals surface area contributed by atoms with Gasteiger partial charge < -0.3 is 33.8 Å². The van der Waals surface area contributed by atoms with Gasteiger partial charge in [-0.1, -0.05) is 382 Å². The number of aliphatic hydroxyl groups excluding tert-OH is 1. The van der Waals surface area contributed by atoms with Crippen LogP contribution in [0.15, 0.2) is 0 Å². The summed E-state index contributed by atoms with van der Waals surface area (Å²) in [5, 5.41) is 10.6. The Labute approximate surface area is 619 Å². The van der Waals surface area contributed by atoms with Gasteiger partial charge in [-0.05, 0) is 37.5 Å². The molecule has 0 saturated carbocycles. The third-order valence-electron chi connectivity index (χ3n) is 19.6. The van der Waals surface area contributed by atoms with Crippen LogP contribution in [0.25, 0.3) is 0 Å². The zero-order chi connectivity index (χ0) is 74.2. The fourth-order valence-corrected chi connectivity index (χ4v) is 14.3. The molecule has 19 heteroatoms. The highest BCUT2D eigenvalue weighted by molar-refractivity contribution is 7.47. The van der Waals surface area contributed by atoms with Crippen molar-refractivity contribution in [2.45, 2.75) is 452 Å². The van der Waals surface area contributed by atoms with Crippen LogP contribution in [-0.2, 0) is 65.4 Å². The largest absolute Gasteiger partial charge is 0.472 e. The summed E-state index contributed by atoms with van der Waals surface area (Å²) in [6.07, 6.45) is 63.9. The summed E-state index contributed by atoms with van der Waals surface area (Å²) >= 11 is 0. The Kier molecular flexibility index (Phi) is 72.2. The lowest BCUT2D eigenvalue weighted by Crippen LogP contribution is -2.30. The smallest absolute Gasteiger partial charge is 0.462 e. The van der Waals surface area contributed by atoms with Gasteiger partial charge in [-0.15, -0.1) is 0 Å². The van der Waals surface area contributed by atoms with E-state index in [0.29, 0.717) is 31.6 Å². The maximum absolute atomic E-state index is 13.1. The SMILES string of the molecule is CCCCCCCCCCCCCCCCCCCCCC(=O)O[C@H](COC(=O)CCCCCCCCCCCCCCCCCCCC)COP(=O)(O)OC[C@@H](O)COP(=O)(O)OC[C@@H](COC(=O)CCCCCCCCCC(C)C)OC(=O)CCCCCCCCCCCCC(C)CC. The molecule has 0 aromatic carbocycles. The van der Waals surface area contributed by atoms with Gasteiger partial charge in [0, 0.05) is 25.7 Å². The van der Waals surface area contributed by atoms with Crippen LogP contribution in [0, 0.1) is 11.8 Å². The summed E-state index contributed by atoms with van der Waals surface area (Å²) in [5.74, 6) is -0.601. The van der Waals surface area contributed by atoms with Crippen molar-refractivity contribution in [1.29, 1.82) is 0 Å². The van der Waals surface area contributed by atoms with Crippen LogP contribution in [0.2, 0.25) is 0 Å². The number of carbonyl (C=O) groups is 4. The minimum absolute atomic E-state index is 0.106. The van der Waals surface area contributed by atoms with Crippen LogP contribution in [0.3, 0.4) is 0 Å². The first-order valence-corrected chi connectivity index (χ1v) is 45.5. The van der Waals surface area contributed by atoms with Crippen LogP contribution >= 0.6 is 15.6 Å². The molecule has 0 heterocycles. The van der Waals surface area contributed by atoms with Crippen molar-refractivity contribution < 1.29 is 80.2 Å². The van der Waals surface area contributed by atoms with Gasteiger partial charge in [-0.2, -0.15) is 0 Å². The quantitative estimate of drug-likeness (QED) is 0.0222. The summed E-state index contributed by atoms with van der Waals surface area (Å²) in [6, 6.07) is 0. The molecule has 0 amide bonds. The monoisotopic (exact) mass is 1480 g/mol. The zero-order valence-electron chi connectivity index (χ0n) is 66.2. The minimum Gasteiger partial charge on any atom is -0.462 e. The number of ether oxygens (including phenoxy) is 4. The average molecular weight is 1480 g/mol. The van der Waals surface area contributed by atoms with E-state index < -0.39 is 97.5 Å². The zero-order valence-corrected chi connectivity index (χ0v) is 68.0. The van der Waals surface area contributed by atoms with Crippen molar-refractivity contribution >= 4 is 39.5 Å². The molecule has 3 unspecified atom stereocenters. The third kappa shape index (κ3) is 74.7. The Morgan fingerprint density at radius 3 is 0.752 bits per heavy atom.